The summed E-state index contributed by atoms with van der Waals surface area (Å²) >= 11 is 6.16. The molecule has 0 fully saturated rings. The fraction of sp³-hybridized carbons (Fsp3) is 0.308. The lowest BCUT2D eigenvalue weighted by molar-refractivity contribution is -0.132. The molecule has 0 spiro atoms. The average molecular weight is 294 g/mol. The zero-order valence-corrected chi connectivity index (χ0v) is 11.6. The van der Waals surface area contributed by atoms with E-state index in [-0.39, 0.29) is 12.1 Å². The van der Waals surface area contributed by atoms with Crippen molar-refractivity contribution in [2.75, 3.05) is 12.4 Å². The maximum Gasteiger partial charge on any atom is 0.308 e. The van der Waals surface area contributed by atoms with Crippen LogP contribution in [0.25, 0.3) is 0 Å². The van der Waals surface area contributed by atoms with Gasteiger partial charge in [-0.15, -0.1) is 0 Å². The maximum absolute atomic E-state index is 11.2. The lowest BCUT2D eigenvalue weighted by atomic mass is 9.99. The van der Waals surface area contributed by atoms with Gasteiger partial charge in [0.15, 0.2) is 11.5 Å². The third kappa shape index (κ3) is 2.02. The monoisotopic (exact) mass is 293 g/mol. The van der Waals surface area contributed by atoms with Crippen LogP contribution in [0.2, 0.25) is 0 Å². The second-order valence-corrected chi connectivity index (χ2v) is 4.85. The summed E-state index contributed by atoms with van der Waals surface area (Å²) in [5, 5.41) is 3.69. The summed E-state index contributed by atoms with van der Waals surface area (Å²) in [6, 6.07) is 3.51. The molecule has 0 saturated heterocycles. The number of anilines is 1. The first-order chi connectivity index (χ1) is 9.60. The predicted molar refractivity (Wildman–Crippen MR) is 76.2 cm³/mol. The van der Waals surface area contributed by atoms with E-state index in [4.69, 9.17) is 21.1 Å². The van der Waals surface area contributed by atoms with Gasteiger partial charge in [-0.25, -0.2) is 9.98 Å². The van der Waals surface area contributed by atoms with E-state index in [9.17, 15) is 4.79 Å². The molecule has 0 saturated carbocycles. The molecule has 0 radical (unpaired) electrons. The SMILES string of the molecule is COc1cc2c(cc1OC(C)=O)C1C(Cl)=NC=NC1N2. The van der Waals surface area contributed by atoms with E-state index in [2.05, 4.69) is 15.3 Å². The number of carbonyl (C=O) groups is 1. The summed E-state index contributed by atoms with van der Waals surface area (Å²) < 4.78 is 10.4. The van der Waals surface area contributed by atoms with E-state index in [1.54, 1.807) is 12.1 Å². The Labute approximate surface area is 120 Å². The molecule has 1 aromatic carbocycles. The number of nitrogens with one attached hydrogen (secondary N) is 1. The fourth-order valence-electron chi connectivity index (χ4n) is 2.39. The lowest BCUT2D eigenvalue weighted by Crippen LogP contribution is -2.25. The van der Waals surface area contributed by atoms with Gasteiger partial charge in [-0.2, -0.15) is 0 Å². The van der Waals surface area contributed by atoms with Crippen LogP contribution < -0.4 is 14.8 Å². The van der Waals surface area contributed by atoms with Crippen molar-refractivity contribution in [2.45, 2.75) is 19.0 Å². The van der Waals surface area contributed by atoms with E-state index in [1.807, 2.05) is 0 Å². The molecule has 3 rings (SSSR count). The van der Waals surface area contributed by atoms with Gasteiger partial charge in [0.2, 0.25) is 0 Å². The number of nitrogens with zero attached hydrogens (tertiary/aromatic N) is 2. The largest absolute Gasteiger partial charge is 0.493 e. The molecule has 0 aromatic heterocycles. The maximum atomic E-state index is 11.2. The van der Waals surface area contributed by atoms with E-state index in [0.717, 1.165) is 11.3 Å². The molecule has 2 atom stereocenters. The highest BCUT2D eigenvalue weighted by Gasteiger charge is 2.37. The van der Waals surface area contributed by atoms with E-state index >= 15 is 0 Å². The summed E-state index contributed by atoms with van der Waals surface area (Å²) in [5.74, 6) is 0.256. The highest BCUT2D eigenvalue weighted by molar-refractivity contribution is 6.67. The molecule has 0 bridgehead atoms. The Balaban J connectivity index is 2.07. The Morgan fingerprint density at radius 3 is 2.90 bits per heavy atom. The van der Waals surface area contributed by atoms with Gasteiger partial charge in [0.1, 0.15) is 17.7 Å². The van der Waals surface area contributed by atoms with Gasteiger partial charge in [-0.1, -0.05) is 11.6 Å². The summed E-state index contributed by atoms with van der Waals surface area (Å²) in [7, 11) is 1.52. The molecule has 1 N–H and O–H groups in total. The van der Waals surface area contributed by atoms with Crippen LogP contribution in [0, 0.1) is 0 Å². The third-order valence-corrected chi connectivity index (χ3v) is 3.54. The van der Waals surface area contributed by atoms with Gasteiger partial charge >= 0.3 is 5.97 Å². The van der Waals surface area contributed by atoms with Crippen LogP contribution in [0.5, 0.6) is 11.5 Å². The van der Waals surface area contributed by atoms with Crippen LogP contribution in [-0.4, -0.2) is 30.8 Å². The van der Waals surface area contributed by atoms with Gasteiger partial charge in [0, 0.05) is 18.7 Å². The molecular formula is C13H12ClN3O3. The van der Waals surface area contributed by atoms with Crippen LogP contribution in [-0.2, 0) is 4.79 Å². The van der Waals surface area contributed by atoms with Crippen molar-refractivity contribution in [3.8, 4) is 11.5 Å². The van der Waals surface area contributed by atoms with E-state index in [1.165, 1.54) is 20.4 Å². The number of halogens is 1. The molecule has 2 aliphatic rings. The number of methoxy groups -OCH3 is 1. The molecule has 104 valence electrons. The van der Waals surface area contributed by atoms with Crippen molar-refractivity contribution in [3.63, 3.8) is 0 Å². The number of hydrogen-bond donors (Lipinski definition) is 1. The number of rotatable bonds is 2. The Morgan fingerprint density at radius 1 is 1.40 bits per heavy atom. The molecule has 7 heteroatoms. The fourth-order valence-corrected chi connectivity index (χ4v) is 2.67. The standard InChI is InChI=1S/C13H12ClN3O3/c1-6(18)20-10-3-7-8(4-9(10)19-2)17-13-11(7)12(14)15-5-16-13/h3-5,11,13,17H,1-2H3. The second-order valence-electron chi connectivity index (χ2n) is 4.47. The lowest BCUT2D eigenvalue weighted by Gasteiger charge is -2.17. The number of carbonyl (C=O) groups excluding carboxylic acids is 1. The Hall–Kier alpha value is -2.08. The number of esters is 1. The molecule has 20 heavy (non-hydrogen) atoms. The number of hydrogen-bond acceptors (Lipinski definition) is 6. The quantitative estimate of drug-likeness (QED) is 0.670. The second kappa shape index (κ2) is 4.79. The van der Waals surface area contributed by atoms with Gasteiger partial charge in [-0.05, 0) is 11.6 Å². The zero-order valence-electron chi connectivity index (χ0n) is 10.9. The molecule has 0 amide bonds. The average Bonchev–Trinajstić information content (AvgIpc) is 2.75. The van der Waals surface area contributed by atoms with Crippen LogP contribution in [0.1, 0.15) is 18.4 Å². The first-order valence-corrected chi connectivity index (χ1v) is 6.39. The minimum absolute atomic E-state index is 0.170. The zero-order chi connectivity index (χ0) is 14.3. The summed E-state index contributed by atoms with van der Waals surface area (Å²) in [5.41, 5.74) is 1.73. The molecule has 2 unspecified atom stereocenters. The number of fused-ring (bicyclic) bond motifs is 3. The van der Waals surface area contributed by atoms with Gasteiger partial charge < -0.3 is 14.8 Å². The topological polar surface area (TPSA) is 72.3 Å². The molecule has 2 aliphatic heterocycles. The van der Waals surface area contributed by atoms with Crippen LogP contribution >= 0.6 is 11.6 Å². The van der Waals surface area contributed by atoms with E-state index in [0.29, 0.717) is 16.7 Å². The van der Waals surface area contributed by atoms with Crippen LogP contribution in [0.15, 0.2) is 22.1 Å². The predicted octanol–water partition coefficient (Wildman–Crippen LogP) is 2.13. The van der Waals surface area contributed by atoms with Crippen molar-refractivity contribution in [1.29, 1.82) is 0 Å². The molecule has 2 heterocycles. The van der Waals surface area contributed by atoms with Crippen molar-refractivity contribution in [3.05, 3.63) is 17.7 Å². The summed E-state index contributed by atoms with van der Waals surface area (Å²) in [6.07, 6.45) is 1.25. The minimum Gasteiger partial charge on any atom is -0.493 e. The number of benzene rings is 1. The highest BCUT2D eigenvalue weighted by atomic mass is 35.5. The van der Waals surface area contributed by atoms with Gasteiger partial charge in [0.05, 0.1) is 13.0 Å². The molecular weight excluding hydrogens is 282 g/mol. The summed E-state index contributed by atoms with van der Waals surface area (Å²) in [4.78, 5) is 19.4. The normalized spacial score (nSPS) is 22.4. The summed E-state index contributed by atoms with van der Waals surface area (Å²) in [6.45, 7) is 1.34. The first kappa shape index (κ1) is 12.9. The van der Waals surface area contributed by atoms with Crippen molar-refractivity contribution >= 4 is 34.8 Å². The van der Waals surface area contributed by atoms with Crippen LogP contribution in [0.4, 0.5) is 5.69 Å². The Morgan fingerprint density at radius 2 is 2.20 bits per heavy atom. The smallest absolute Gasteiger partial charge is 0.308 e. The third-order valence-electron chi connectivity index (χ3n) is 3.21. The van der Waals surface area contributed by atoms with Crippen molar-refractivity contribution in [1.82, 2.24) is 0 Å². The van der Waals surface area contributed by atoms with Crippen molar-refractivity contribution < 1.29 is 14.3 Å². The Bertz CT molecular complexity index is 642. The van der Waals surface area contributed by atoms with Gasteiger partial charge in [-0.3, -0.25) is 4.79 Å². The molecule has 1 aromatic rings. The van der Waals surface area contributed by atoms with Gasteiger partial charge in [0.25, 0.3) is 0 Å². The minimum atomic E-state index is -0.410. The Kier molecular flexibility index (Phi) is 3.10. The van der Waals surface area contributed by atoms with Crippen molar-refractivity contribution in [2.24, 2.45) is 9.98 Å². The molecule has 6 nitrogen and oxygen atoms in total. The number of ether oxygens (including phenoxy) is 2. The van der Waals surface area contributed by atoms with E-state index < -0.39 is 5.97 Å². The van der Waals surface area contributed by atoms with Crippen LogP contribution in [0.3, 0.4) is 0 Å². The number of aliphatic imine (C=N–C) groups is 2. The molecule has 0 aliphatic carbocycles. The first-order valence-electron chi connectivity index (χ1n) is 6.02. The highest BCUT2D eigenvalue weighted by Crippen LogP contribution is 2.45.